The van der Waals surface area contributed by atoms with Gasteiger partial charge in [0.2, 0.25) is 0 Å². The van der Waals surface area contributed by atoms with E-state index in [0.717, 1.165) is 24.5 Å². The number of aromatic nitrogens is 5. The monoisotopic (exact) mass is 258 g/mol. The minimum atomic E-state index is -0.188. The second-order valence-electron chi connectivity index (χ2n) is 4.57. The van der Waals surface area contributed by atoms with Gasteiger partial charge in [0.25, 0.3) is 5.91 Å². The molecule has 0 saturated heterocycles. The Kier molecular flexibility index (Phi) is 2.94. The van der Waals surface area contributed by atoms with E-state index in [4.69, 9.17) is 0 Å². The highest BCUT2D eigenvalue weighted by molar-refractivity contribution is 5.92. The Morgan fingerprint density at radius 1 is 1.42 bits per heavy atom. The lowest BCUT2D eigenvalue weighted by molar-refractivity contribution is 0.0922. The molecule has 2 aromatic rings. The summed E-state index contributed by atoms with van der Waals surface area (Å²) in [6.07, 6.45) is 6.21. The van der Waals surface area contributed by atoms with E-state index in [-0.39, 0.29) is 11.9 Å². The third-order valence-electron chi connectivity index (χ3n) is 3.26. The van der Waals surface area contributed by atoms with Crippen LogP contribution < -0.4 is 5.32 Å². The number of carbonyl (C=O) groups is 1. The van der Waals surface area contributed by atoms with E-state index in [9.17, 15) is 4.79 Å². The molecule has 0 bridgehead atoms. The first-order valence-electron chi connectivity index (χ1n) is 6.19. The van der Waals surface area contributed by atoms with Gasteiger partial charge in [-0.25, -0.2) is 4.98 Å². The van der Waals surface area contributed by atoms with Crippen molar-refractivity contribution in [3.63, 3.8) is 0 Å². The van der Waals surface area contributed by atoms with Gasteiger partial charge in [0.1, 0.15) is 17.3 Å². The van der Waals surface area contributed by atoms with E-state index >= 15 is 0 Å². The SMILES string of the molecule is Cc1nnc2n1CC(NC(=O)c1cnccn1)CC2. The molecule has 0 spiro atoms. The van der Waals surface area contributed by atoms with Gasteiger partial charge in [-0.3, -0.25) is 9.78 Å². The van der Waals surface area contributed by atoms with E-state index in [1.54, 1.807) is 6.20 Å². The van der Waals surface area contributed by atoms with E-state index in [1.807, 2.05) is 11.5 Å². The highest BCUT2D eigenvalue weighted by Gasteiger charge is 2.23. The maximum Gasteiger partial charge on any atom is 0.271 e. The van der Waals surface area contributed by atoms with Gasteiger partial charge in [0.05, 0.1) is 6.20 Å². The molecule has 2 aromatic heterocycles. The smallest absolute Gasteiger partial charge is 0.271 e. The van der Waals surface area contributed by atoms with Crippen molar-refractivity contribution in [3.05, 3.63) is 35.9 Å². The van der Waals surface area contributed by atoms with Gasteiger partial charge >= 0.3 is 0 Å². The van der Waals surface area contributed by atoms with Crippen LogP contribution in [0.15, 0.2) is 18.6 Å². The summed E-state index contributed by atoms with van der Waals surface area (Å²) >= 11 is 0. The van der Waals surface area contributed by atoms with E-state index in [2.05, 4.69) is 25.5 Å². The highest BCUT2D eigenvalue weighted by Crippen LogP contribution is 2.14. The Bertz CT molecular complexity index is 594. The van der Waals surface area contributed by atoms with Gasteiger partial charge in [0, 0.05) is 31.4 Å². The van der Waals surface area contributed by atoms with Gasteiger partial charge in [0.15, 0.2) is 0 Å². The molecule has 1 unspecified atom stereocenters. The minimum Gasteiger partial charge on any atom is -0.346 e. The van der Waals surface area contributed by atoms with Gasteiger partial charge < -0.3 is 9.88 Å². The summed E-state index contributed by atoms with van der Waals surface area (Å²) in [7, 11) is 0. The third-order valence-corrected chi connectivity index (χ3v) is 3.26. The van der Waals surface area contributed by atoms with Gasteiger partial charge in [-0.15, -0.1) is 10.2 Å². The molecule has 19 heavy (non-hydrogen) atoms. The van der Waals surface area contributed by atoms with E-state index in [1.165, 1.54) is 12.4 Å². The number of amides is 1. The quantitative estimate of drug-likeness (QED) is 0.827. The second kappa shape index (κ2) is 4.75. The average Bonchev–Trinajstić information content (AvgIpc) is 2.81. The lowest BCUT2D eigenvalue weighted by Crippen LogP contribution is -2.41. The number of fused-ring (bicyclic) bond motifs is 1. The third kappa shape index (κ3) is 2.31. The molecule has 7 nitrogen and oxygen atoms in total. The Morgan fingerprint density at radius 2 is 2.32 bits per heavy atom. The predicted molar refractivity (Wildman–Crippen MR) is 66.4 cm³/mol. The summed E-state index contributed by atoms with van der Waals surface area (Å²) in [6.45, 7) is 2.63. The van der Waals surface area contributed by atoms with Crippen LogP contribution in [0.25, 0.3) is 0 Å². The maximum atomic E-state index is 12.0. The molecular weight excluding hydrogens is 244 g/mol. The Labute approximate surface area is 110 Å². The number of hydrogen-bond donors (Lipinski definition) is 1. The van der Waals surface area contributed by atoms with Crippen molar-refractivity contribution in [1.29, 1.82) is 0 Å². The van der Waals surface area contributed by atoms with Crippen LogP contribution in [0.1, 0.15) is 28.6 Å². The molecule has 3 rings (SSSR count). The van der Waals surface area contributed by atoms with Crippen LogP contribution in [0.5, 0.6) is 0 Å². The van der Waals surface area contributed by atoms with E-state index in [0.29, 0.717) is 12.2 Å². The largest absolute Gasteiger partial charge is 0.346 e. The molecule has 1 N–H and O–H groups in total. The summed E-state index contributed by atoms with van der Waals surface area (Å²) in [5.74, 6) is 1.68. The van der Waals surface area contributed by atoms with Crippen LogP contribution in [0.2, 0.25) is 0 Å². The van der Waals surface area contributed by atoms with Crippen molar-refractivity contribution < 1.29 is 4.79 Å². The van der Waals surface area contributed by atoms with Crippen molar-refractivity contribution in [3.8, 4) is 0 Å². The van der Waals surface area contributed by atoms with E-state index < -0.39 is 0 Å². The first-order chi connectivity index (χ1) is 9.24. The number of carbonyl (C=O) groups excluding carboxylic acids is 1. The van der Waals surface area contributed by atoms with Gasteiger partial charge in [-0.05, 0) is 13.3 Å². The molecule has 1 amide bonds. The zero-order chi connectivity index (χ0) is 13.2. The minimum absolute atomic E-state index is 0.0803. The standard InChI is InChI=1S/C12H14N6O/c1-8-16-17-11-3-2-9(7-18(8)11)15-12(19)10-6-13-4-5-14-10/h4-6,9H,2-3,7H2,1H3,(H,15,19). The molecule has 1 aliphatic heterocycles. The highest BCUT2D eigenvalue weighted by atomic mass is 16.1. The Morgan fingerprint density at radius 3 is 3.11 bits per heavy atom. The molecule has 0 aromatic carbocycles. The molecular formula is C12H14N6O. The Hall–Kier alpha value is -2.31. The number of hydrogen-bond acceptors (Lipinski definition) is 5. The molecule has 1 aliphatic rings. The van der Waals surface area contributed by atoms with Crippen LogP contribution in [-0.2, 0) is 13.0 Å². The predicted octanol–water partition coefficient (Wildman–Crippen LogP) is 0.121. The Balaban J connectivity index is 1.69. The second-order valence-corrected chi connectivity index (χ2v) is 4.57. The molecule has 3 heterocycles. The number of nitrogens with one attached hydrogen (secondary N) is 1. The topological polar surface area (TPSA) is 85.6 Å². The summed E-state index contributed by atoms with van der Waals surface area (Å²) in [6, 6.07) is 0.0803. The molecule has 0 radical (unpaired) electrons. The lowest BCUT2D eigenvalue weighted by Gasteiger charge is -2.24. The fraction of sp³-hybridized carbons (Fsp3) is 0.417. The van der Waals surface area contributed by atoms with Crippen LogP contribution in [0.4, 0.5) is 0 Å². The first kappa shape index (κ1) is 11.8. The van der Waals surface area contributed by atoms with Crippen LogP contribution in [0, 0.1) is 6.92 Å². The number of nitrogens with zero attached hydrogens (tertiary/aromatic N) is 5. The first-order valence-corrected chi connectivity index (χ1v) is 6.19. The molecule has 7 heteroatoms. The maximum absolute atomic E-state index is 12.0. The zero-order valence-corrected chi connectivity index (χ0v) is 10.6. The molecule has 0 saturated carbocycles. The van der Waals surface area contributed by atoms with Crippen LogP contribution in [0.3, 0.4) is 0 Å². The summed E-state index contributed by atoms with van der Waals surface area (Å²) < 4.78 is 2.05. The average molecular weight is 258 g/mol. The summed E-state index contributed by atoms with van der Waals surface area (Å²) in [5.41, 5.74) is 0.341. The summed E-state index contributed by atoms with van der Waals surface area (Å²) in [4.78, 5) is 19.9. The molecule has 0 fully saturated rings. The number of aryl methyl sites for hydroxylation is 2. The summed E-state index contributed by atoms with van der Waals surface area (Å²) in [5, 5.41) is 11.1. The van der Waals surface area contributed by atoms with Crippen molar-refractivity contribution >= 4 is 5.91 Å². The van der Waals surface area contributed by atoms with Crippen molar-refractivity contribution in [2.45, 2.75) is 32.4 Å². The fourth-order valence-corrected chi connectivity index (χ4v) is 2.26. The van der Waals surface area contributed by atoms with Crippen molar-refractivity contribution in [2.24, 2.45) is 0 Å². The fourth-order valence-electron chi connectivity index (χ4n) is 2.26. The lowest BCUT2D eigenvalue weighted by atomic mass is 10.1. The van der Waals surface area contributed by atoms with Crippen molar-refractivity contribution in [1.82, 2.24) is 30.0 Å². The van der Waals surface area contributed by atoms with Crippen molar-refractivity contribution in [2.75, 3.05) is 0 Å². The van der Waals surface area contributed by atoms with Crippen LogP contribution in [-0.4, -0.2) is 36.7 Å². The zero-order valence-electron chi connectivity index (χ0n) is 10.6. The molecule has 98 valence electrons. The van der Waals surface area contributed by atoms with Gasteiger partial charge in [-0.1, -0.05) is 0 Å². The molecule has 1 atom stereocenters. The molecule has 0 aliphatic carbocycles. The van der Waals surface area contributed by atoms with Crippen LogP contribution >= 0.6 is 0 Å². The van der Waals surface area contributed by atoms with Gasteiger partial charge in [-0.2, -0.15) is 0 Å². The number of rotatable bonds is 2. The normalized spacial score (nSPS) is 17.8.